The Hall–Kier alpha value is -7.43. The summed E-state index contributed by atoms with van der Waals surface area (Å²) in [6, 6.07) is 70.9. The highest BCUT2D eigenvalue weighted by atomic mass is 16.3. The number of hydrogen-bond donors (Lipinski definition) is 1. The van der Waals surface area contributed by atoms with Gasteiger partial charge in [-0.15, -0.1) is 0 Å². The number of anilines is 3. The van der Waals surface area contributed by atoms with Crippen LogP contribution in [0.25, 0.3) is 60.3 Å². The Morgan fingerprint density at radius 2 is 1.12 bits per heavy atom. The molecular weight excluding hydrogens is 683 g/mol. The van der Waals surface area contributed by atoms with Gasteiger partial charge in [-0.1, -0.05) is 140 Å². The van der Waals surface area contributed by atoms with Gasteiger partial charge in [0, 0.05) is 44.0 Å². The van der Waals surface area contributed by atoms with Gasteiger partial charge in [-0.3, -0.25) is 4.99 Å². The highest BCUT2D eigenvalue weighted by Gasteiger charge is 2.24. The Labute approximate surface area is 323 Å². The lowest BCUT2D eigenvalue weighted by Gasteiger charge is -2.26. The van der Waals surface area contributed by atoms with Gasteiger partial charge in [0.25, 0.3) is 0 Å². The van der Waals surface area contributed by atoms with Crippen LogP contribution in [0.4, 0.5) is 17.1 Å². The molecule has 10 aromatic rings. The van der Waals surface area contributed by atoms with Crippen molar-refractivity contribution in [1.82, 2.24) is 5.32 Å². The fourth-order valence-electron chi connectivity index (χ4n) is 8.37. The van der Waals surface area contributed by atoms with Crippen molar-refractivity contribution >= 4 is 66.2 Å². The largest absolute Gasteiger partial charge is 0.455 e. The molecule has 1 aromatic heterocycles. The van der Waals surface area contributed by atoms with Gasteiger partial charge in [-0.2, -0.15) is 0 Å². The molecule has 9 aromatic carbocycles. The van der Waals surface area contributed by atoms with Gasteiger partial charge < -0.3 is 14.6 Å². The lowest BCUT2D eigenvalue weighted by atomic mass is 9.95. The number of rotatable bonds is 6. The molecule has 1 N–H and O–H groups in total. The predicted molar refractivity (Wildman–Crippen MR) is 231 cm³/mol. The summed E-state index contributed by atoms with van der Waals surface area (Å²) in [5.74, 6) is 0. The summed E-state index contributed by atoms with van der Waals surface area (Å²) < 4.78 is 6.87. The topological polar surface area (TPSA) is 40.8 Å². The van der Waals surface area contributed by atoms with Crippen LogP contribution in [0.2, 0.25) is 0 Å². The van der Waals surface area contributed by atoms with Gasteiger partial charge in [0.15, 0.2) is 0 Å². The van der Waals surface area contributed by atoms with E-state index in [-0.39, 0.29) is 6.17 Å². The van der Waals surface area contributed by atoms with E-state index in [4.69, 9.17) is 9.41 Å². The molecule has 1 aliphatic rings. The van der Waals surface area contributed by atoms with E-state index in [1.165, 1.54) is 10.8 Å². The van der Waals surface area contributed by atoms with Crippen LogP contribution < -0.4 is 20.8 Å². The van der Waals surface area contributed by atoms with E-state index in [0.29, 0.717) is 0 Å². The highest BCUT2D eigenvalue weighted by molar-refractivity contribution is 6.16. The van der Waals surface area contributed by atoms with E-state index in [1.807, 2.05) is 0 Å². The summed E-state index contributed by atoms with van der Waals surface area (Å²) in [5, 5.41) is 12.8. The molecule has 0 saturated heterocycles. The average Bonchev–Trinajstić information content (AvgIpc) is 3.66. The van der Waals surface area contributed by atoms with Crippen LogP contribution >= 0.6 is 0 Å². The Morgan fingerprint density at radius 3 is 1.96 bits per heavy atom. The second kappa shape index (κ2) is 13.2. The molecule has 264 valence electrons. The lowest BCUT2D eigenvalue weighted by molar-refractivity contribution is 0.636. The SMILES string of the molecule is c1ccc(C2=c3ccccc3=NC(c3cc(-c4ccc(N(c5ccccc5)c5ccc6ccccc6c5)cc4)cc4oc5c6ccccc6ccc5c34)N2)cc1. The molecule has 0 amide bonds. The minimum Gasteiger partial charge on any atom is -0.455 e. The van der Waals surface area contributed by atoms with Crippen molar-refractivity contribution in [3.8, 4) is 11.1 Å². The van der Waals surface area contributed by atoms with E-state index in [0.717, 1.165) is 88.3 Å². The Balaban J connectivity index is 1.08. The molecule has 11 rings (SSSR count). The van der Waals surface area contributed by atoms with Crippen LogP contribution in [0.3, 0.4) is 0 Å². The Morgan fingerprint density at radius 1 is 0.464 bits per heavy atom. The number of hydrogen-bond acceptors (Lipinski definition) is 4. The van der Waals surface area contributed by atoms with Crippen molar-refractivity contribution in [2.24, 2.45) is 4.99 Å². The zero-order valence-electron chi connectivity index (χ0n) is 30.4. The second-order valence-electron chi connectivity index (χ2n) is 14.4. The molecule has 0 fully saturated rings. The molecule has 2 heterocycles. The molecule has 0 bridgehead atoms. The molecule has 4 heteroatoms. The predicted octanol–water partition coefficient (Wildman–Crippen LogP) is 12.1. The summed E-state index contributed by atoms with van der Waals surface area (Å²) >= 11 is 0. The maximum absolute atomic E-state index is 6.87. The van der Waals surface area contributed by atoms with Crippen LogP contribution in [0.1, 0.15) is 17.3 Å². The first kappa shape index (κ1) is 32.0. The number of nitrogens with one attached hydrogen (secondary N) is 1. The normalized spacial score (nSPS) is 13.8. The number of furan rings is 1. The van der Waals surface area contributed by atoms with Crippen LogP contribution in [0, 0.1) is 0 Å². The molecule has 4 nitrogen and oxygen atoms in total. The molecule has 56 heavy (non-hydrogen) atoms. The fraction of sp³-hybridized carbons (Fsp3) is 0.0192. The average molecular weight is 718 g/mol. The van der Waals surface area contributed by atoms with Gasteiger partial charge in [0.1, 0.15) is 17.3 Å². The molecule has 0 aliphatic carbocycles. The van der Waals surface area contributed by atoms with Crippen molar-refractivity contribution in [3.05, 3.63) is 222 Å². The van der Waals surface area contributed by atoms with Crippen LogP contribution in [0.15, 0.2) is 210 Å². The van der Waals surface area contributed by atoms with E-state index in [1.54, 1.807) is 0 Å². The number of para-hydroxylation sites is 2. The standard InChI is InChI=1S/C52H35N3O/c1-3-15-37(16-4-1)50-44-21-11-12-22-47(44)53-52(54-50)46-32-39(33-48-49(46)45-30-26-36-14-9-10-20-43(36)51(45)56-48)35-23-27-41(28-24-35)55(40-18-5-2-6-19-40)42-29-25-34-13-7-8-17-38(34)31-42/h1-33,52,54H. The molecule has 1 aliphatic heterocycles. The van der Waals surface area contributed by atoms with Crippen molar-refractivity contribution in [2.75, 3.05) is 4.90 Å². The summed E-state index contributed by atoms with van der Waals surface area (Å²) in [6.07, 6.45) is -0.351. The molecule has 1 unspecified atom stereocenters. The third kappa shape index (κ3) is 5.42. The minimum absolute atomic E-state index is 0.351. The van der Waals surface area contributed by atoms with Crippen molar-refractivity contribution < 1.29 is 4.42 Å². The van der Waals surface area contributed by atoms with E-state index in [9.17, 15) is 0 Å². The Kier molecular flexibility index (Phi) is 7.52. The second-order valence-corrected chi connectivity index (χ2v) is 14.4. The van der Waals surface area contributed by atoms with E-state index in [2.05, 4.69) is 210 Å². The number of benzene rings is 9. The number of fused-ring (bicyclic) bond motifs is 7. The first-order chi connectivity index (χ1) is 27.7. The smallest absolute Gasteiger partial charge is 0.146 e. The maximum Gasteiger partial charge on any atom is 0.146 e. The fourth-order valence-corrected chi connectivity index (χ4v) is 8.37. The zero-order chi connectivity index (χ0) is 37.0. The molecule has 0 radical (unpaired) electrons. The van der Waals surface area contributed by atoms with Crippen molar-refractivity contribution in [2.45, 2.75) is 6.17 Å². The third-order valence-electron chi connectivity index (χ3n) is 11.0. The van der Waals surface area contributed by atoms with Crippen LogP contribution in [-0.2, 0) is 0 Å². The van der Waals surface area contributed by atoms with Gasteiger partial charge in [-0.05, 0) is 93.5 Å². The zero-order valence-corrected chi connectivity index (χ0v) is 30.4. The molecule has 0 saturated carbocycles. The van der Waals surface area contributed by atoms with Gasteiger partial charge in [-0.25, -0.2) is 0 Å². The summed E-state index contributed by atoms with van der Waals surface area (Å²) in [6.45, 7) is 0. The first-order valence-electron chi connectivity index (χ1n) is 19.1. The number of nitrogens with zero attached hydrogens (tertiary/aromatic N) is 2. The third-order valence-corrected chi connectivity index (χ3v) is 11.0. The summed E-state index contributed by atoms with van der Waals surface area (Å²) in [7, 11) is 0. The van der Waals surface area contributed by atoms with Crippen LogP contribution in [0.5, 0.6) is 0 Å². The lowest BCUT2D eigenvalue weighted by Crippen LogP contribution is -2.39. The van der Waals surface area contributed by atoms with Crippen molar-refractivity contribution in [3.63, 3.8) is 0 Å². The molecule has 1 atom stereocenters. The molecule has 0 spiro atoms. The maximum atomic E-state index is 6.87. The van der Waals surface area contributed by atoms with Gasteiger partial charge >= 0.3 is 0 Å². The van der Waals surface area contributed by atoms with Crippen LogP contribution in [-0.4, -0.2) is 0 Å². The van der Waals surface area contributed by atoms with E-state index < -0.39 is 0 Å². The monoisotopic (exact) mass is 717 g/mol. The molecular formula is C52H35N3O. The first-order valence-corrected chi connectivity index (χ1v) is 19.1. The quantitative estimate of drug-likeness (QED) is 0.186. The van der Waals surface area contributed by atoms with Gasteiger partial charge in [0.05, 0.1) is 11.1 Å². The van der Waals surface area contributed by atoms with E-state index >= 15 is 0 Å². The van der Waals surface area contributed by atoms with Gasteiger partial charge in [0.2, 0.25) is 0 Å². The van der Waals surface area contributed by atoms with Crippen molar-refractivity contribution in [1.29, 1.82) is 0 Å². The Bertz CT molecular complexity index is 3220. The minimum atomic E-state index is -0.351. The summed E-state index contributed by atoms with van der Waals surface area (Å²) in [4.78, 5) is 7.69. The summed E-state index contributed by atoms with van der Waals surface area (Å²) in [5.41, 5.74) is 10.4. The highest BCUT2D eigenvalue weighted by Crippen LogP contribution is 2.42.